The smallest absolute Gasteiger partial charge is 0.123 e. The van der Waals surface area contributed by atoms with Crippen LogP contribution in [0.4, 0.5) is 5.82 Å². The van der Waals surface area contributed by atoms with Crippen molar-refractivity contribution in [3.05, 3.63) is 23.9 Å². The lowest BCUT2D eigenvalue weighted by molar-refractivity contribution is -0.0322. The van der Waals surface area contributed by atoms with Gasteiger partial charge < -0.3 is 10.8 Å². The van der Waals surface area contributed by atoms with Gasteiger partial charge in [0.15, 0.2) is 0 Å². The van der Waals surface area contributed by atoms with Crippen LogP contribution in [0.25, 0.3) is 0 Å². The molecule has 0 saturated heterocycles. The Morgan fingerprint density at radius 2 is 1.79 bits per heavy atom. The number of rotatable bonds is 2. The molecule has 3 heteroatoms. The predicted molar refractivity (Wildman–Crippen MR) is 76.7 cm³/mol. The van der Waals surface area contributed by atoms with Crippen LogP contribution in [-0.2, 0) is 6.42 Å². The number of nitrogens with zero attached hydrogens (tertiary/aromatic N) is 1. The summed E-state index contributed by atoms with van der Waals surface area (Å²) in [4.78, 5) is 4.01. The number of aromatic nitrogens is 1. The maximum atomic E-state index is 10.8. The van der Waals surface area contributed by atoms with Crippen LogP contribution in [-0.4, -0.2) is 15.7 Å². The minimum atomic E-state index is -0.526. The Hall–Kier alpha value is -1.09. The van der Waals surface area contributed by atoms with Gasteiger partial charge in [-0.05, 0) is 61.6 Å². The van der Waals surface area contributed by atoms with Crippen molar-refractivity contribution in [1.82, 2.24) is 4.98 Å². The molecule has 0 unspecified atom stereocenters. The summed E-state index contributed by atoms with van der Waals surface area (Å²) in [6.07, 6.45) is 12.3. The van der Waals surface area contributed by atoms with E-state index in [0.717, 1.165) is 24.8 Å². The fourth-order valence-electron chi connectivity index (χ4n) is 4.03. The first-order valence-electron chi connectivity index (χ1n) is 7.52. The first-order valence-corrected chi connectivity index (χ1v) is 7.52. The van der Waals surface area contributed by atoms with Gasteiger partial charge in [0.05, 0.1) is 5.60 Å². The molecule has 3 nitrogen and oxygen atoms in total. The van der Waals surface area contributed by atoms with E-state index in [4.69, 9.17) is 5.73 Å². The van der Waals surface area contributed by atoms with E-state index < -0.39 is 5.60 Å². The second-order valence-corrected chi connectivity index (χ2v) is 6.70. The summed E-state index contributed by atoms with van der Waals surface area (Å²) in [5.41, 5.74) is 6.86. The van der Waals surface area contributed by atoms with Gasteiger partial charge in [-0.15, -0.1) is 0 Å². The number of nitrogens with two attached hydrogens (primary N) is 1. The summed E-state index contributed by atoms with van der Waals surface area (Å²) >= 11 is 0. The first-order chi connectivity index (χ1) is 9.09. The highest BCUT2D eigenvalue weighted by Crippen LogP contribution is 2.51. The van der Waals surface area contributed by atoms with E-state index in [9.17, 15) is 5.11 Å². The third kappa shape index (κ3) is 2.76. The van der Waals surface area contributed by atoms with Gasteiger partial charge in [0, 0.05) is 12.6 Å². The van der Waals surface area contributed by atoms with Crippen LogP contribution in [0, 0.1) is 5.41 Å². The molecule has 1 heterocycles. The molecule has 1 aromatic heterocycles. The second kappa shape index (κ2) is 4.78. The van der Waals surface area contributed by atoms with E-state index in [0.29, 0.717) is 11.2 Å². The molecule has 2 saturated carbocycles. The molecule has 19 heavy (non-hydrogen) atoms. The van der Waals surface area contributed by atoms with Crippen molar-refractivity contribution in [2.24, 2.45) is 5.41 Å². The summed E-state index contributed by atoms with van der Waals surface area (Å²) in [7, 11) is 0. The highest BCUT2D eigenvalue weighted by atomic mass is 16.3. The quantitative estimate of drug-likeness (QED) is 0.859. The molecular formula is C16H24N2O. The zero-order valence-corrected chi connectivity index (χ0v) is 11.6. The molecule has 0 aromatic carbocycles. The molecule has 3 rings (SSSR count). The number of anilines is 1. The minimum absolute atomic E-state index is 0.526. The second-order valence-electron chi connectivity index (χ2n) is 6.70. The molecule has 104 valence electrons. The van der Waals surface area contributed by atoms with Crippen LogP contribution in [0.1, 0.15) is 56.9 Å². The van der Waals surface area contributed by atoms with Crippen molar-refractivity contribution < 1.29 is 5.11 Å². The molecule has 2 aliphatic carbocycles. The van der Waals surface area contributed by atoms with E-state index in [2.05, 4.69) is 4.98 Å². The van der Waals surface area contributed by atoms with Crippen molar-refractivity contribution in [1.29, 1.82) is 0 Å². The fourth-order valence-corrected chi connectivity index (χ4v) is 4.03. The Kier molecular flexibility index (Phi) is 3.25. The number of aliphatic hydroxyl groups is 1. The predicted octanol–water partition coefficient (Wildman–Crippen LogP) is 3.07. The first kappa shape index (κ1) is 12.9. The molecule has 0 atom stereocenters. The van der Waals surface area contributed by atoms with E-state index in [-0.39, 0.29) is 0 Å². The SMILES string of the molecule is Nc1cc(CC2(O)CCC3(CCCC3)CC2)ccn1. The molecule has 1 aromatic rings. The molecule has 3 N–H and O–H groups in total. The lowest BCUT2D eigenvalue weighted by atomic mass is 9.66. The lowest BCUT2D eigenvalue weighted by Gasteiger charge is -2.42. The zero-order valence-electron chi connectivity index (χ0n) is 11.6. The maximum absolute atomic E-state index is 10.8. The highest BCUT2D eigenvalue weighted by molar-refractivity contribution is 5.32. The molecule has 0 bridgehead atoms. The van der Waals surface area contributed by atoms with Crippen LogP contribution in [0.2, 0.25) is 0 Å². The molecule has 2 aliphatic rings. The Labute approximate surface area is 115 Å². The molecule has 0 radical (unpaired) electrons. The van der Waals surface area contributed by atoms with Crippen molar-refractivity contribution in [3.63, 3.8) is 0 Å². The summed E-state index contributed by atoms with van der Waals surface area (Å²) in [5.74, 6) is 0.546. The Balaban J connectivity index is 1.65. The third-order valence-electron chi connectivity index (χ3n) is 5.28. The van der Waals surface area contributed by atoms with E-state index in [1.807, 2.05) is 12.1 Å². The topological polar surface area (TPSA) is 59.1 Å². The number of hydrogen-bond donors (Lipinski definition) is 2. The van der Waals surface area contributed by atoms with Crippen molar-refractivity contribution in [2.45, 2.75) is 63.4 Å². The molecule has 1 spiro atoms. The van der Waals surface area contributed by atoms with Gasteiger partial charge >= 0.3 is 0 Å². The van der Waals surface area contributed by atoms with Crippen molar-refractivity contribution in [3.8, 4) is 0 Å². The van der Waals surface area contributed by atoms with Gasteiger partial charge in [0.2, 0.25) is 0 Å². The van der Waals surface area contributed by atoms with Gasteiger partial charge in [-0.25, -0.2) is 4.98 Å². The summed E-state index contributed by atoms with van der Waals surface area (Å²) in [6.45, 7) is 0. The van der Waals surface area contributed by atoms with E-state index >= 15 is 0 Å². The molecule has 0 amide bonds. The van der Waals surface area contributed by atoms with Crippen LogP contribution >= 0.6 is 0 Å². The van der Waals surface area contributed by atoms with Gasteiger partial charge in [0.25, 0.3) is 0 Å². The van der Waals surface area contributed by atoms with Gasteiger partial charge in [-0.1, -0.05) is 12.8 Å². The summed E-state index contributed by atoms with van der Waals surface area (Å²) in [6, 6.07) is 3.85. The van der Waals surface area contributed by atoms with Crippen LogP contribution < -0.4 is 5.73 Å². The van der Waals surface area contributed by atoms with Gasteiger partial charge in [0.1, 0.15) is 5.82 Å². The molecule has 0 aliphatic heterocycles. The number of hydrogen-bond acceptors (Lipinski definition) is 3. The largest absolute Gasteiger partial charge is 0.390 e. The Morgan fingerprint density at radius 1 is 1.11 bits per heavy atom. The molecular weight excluding hydrogens is 236 g/mol. The van der Waals surface area contributed by atoms with Crippen LogP contribution in [0.15, 0.2) is 18.3 Å². The summed E-state index contributed by atoms with van der Waals surface area (Å²) in [5, 5.41) is 10.8. The van der Waals surface area contributed by atoms with Gasteiger partial charge in [-0.2, -0.15) is 0 Å². The minimum Gasteiger partial charge on any atom is -0.390 e. The van der Waals surface area contributed by atoms with Crippen LogP contribution in [0.5, 0.6) is 0 Å². The zero-order chi connectivity index (χ0) is 13.3. The van der Waals surface area contributed by atoms with Crippen molar-refractivity contribution >= 4 is 5.82 Å². The summed E-state index contributed by atoms with van der Waals surface area (Å²) < 4.78 is 0. The molecule has 2 fully saturated rings. The Morgan fingerprint density at radius 3 is 2.42 bits per heavy atom. The average Bonchev–Trinajstić information content (AvgIpc) is 2.83. The number of nitrogen functional groups attached to an aromatic ring is 1. The van der Waals surface area contributed by atoms with E-state index in [1.54, 1.807) is 6.20 Å². The van der Waals surface area contributed by atoms with Gasteiger partial charge in [-0.3, -0.25) is 0 Å². The normalized spacial score (nSPS) is 24.7. The van der Waals surface area contributed by atoms with Crippen molar-refractivity contribution in [2.75, 3.05) is 5.73 Å². The monoisotopic (exact) mass is 260 g/mol. The fraction of sp³-hybridized carbons (Fsp3) is 0.688. The highest BCUT2D eigenvalue weighted by Gasteiger charge is 2.42. The third-order valence-corrected chi connectivity index (χ3v) is 5.28. The standard InChI is InChI=1S/C16H24N2O/c17-14-11-13(3-10-18-14)12-16(19)8-6-15(7-9-16)4-1-2-5-15/h3,10-11,19H,1-2,4-9,12H2,(H2,17,18). The van der Waals surface area contributed by atoms with E-state index in [1.165, 1.54) is 38.5 Å². The maximum Gasteiger partial charge on any atom is 0.123 e. The number of pyridine rings is 1. The Bertz CT molecular complexity index is 442. The average molecular weight is 260 g/mol. The lowest BCUT2D eigenvalue weighted by Crippen LogP contribution is -2.39. The van der Waals surface area contributed by atoms with Crippen LogP contribution in [0.3, 0.4) is 0 Å².